The fourth-order valence-electron chi connectivity index (χ4n) is 1.68. The van der Waals surface area contributed by atoms with Crippen molar-refractivity contribution in [2.24, 2.45) is 0 Å². The number of nitrogens with zero attached hydrogens (tertiary/aromatic N) is 2. The third kappa shape index (κ3) is 2.79. The van der Waals surface area contributed by atoms with Crippen LogP contribution in [-0.2, 0) is 6.54 Å². The van der Waals surface area contributed by atoms with E-state index in [0.29, 0.717) is 17.3 Å². The molecule has 0 unspecified atom stereocenters. The summed E-state index contributed by atoms with van der Waals surface area (Å²) in [6.45, 7) is 2.59. The van der Waals surface area contributed by atoms with Crippen LogP contribution in [0.1, 0.15) is 16.7 Å². The zero-order valence-electron chi connectivity index (χ0n) is 9.94. The van der Waals surface area contributed by atoms with Gasteiger partial charge in [0.05, 0.1) is 17.3 Å². The SMILES string of the molecule is Cc1ccnc(Cl)c1NCc1cccc(C#N)c1. The van der Waals surface area contributed by atoms with E-state index in [4.69, 9.17) is 16.9 Å². The normalized spacial score (nSPS) is 9.83. The lowest BCUT2D eigenvalue weighted by atomic mass is 10.1. The quantitative estimate of drug-likeness (QED) is 0.856. The standard InChI is InChI=1S/C14H12ClN3/c1-10-5-6-17-14(15)13(10)18-9-12-4-2-3-11(7-12)8-16/h2-7,18H,9H2,1H3. The molecule has 0 radical (unpaired) electrons. The minimum atomic E-state index is 0.464. The van der Waals surface area contributed by atoms with E-state index in [-0.39, 0.29) is 0 Å². The molecule has 1 aromatic heterocycles. The molecule has 90 valence electrons. The number of aromatic nitrogens is 1. The van der Waals surface area contributed by atoms with Crippen molar-refractivity contribution in [2.45, 2.75) is 13.5 Å². The van der Waals surface area contributed by atoms with Gasteiger partial charge in [0.2, 0.25) is 0 Å². The number of halogens is 1. The second-order valence-corrected chi connectivity index (χ2v) is 4.32. The third-order valence-electron chi connectivity index (χ3n) is 2.64. The summed E-state index contributed by atoms with van der Waals surface area (Å²) in [5.41, 5.74) is 3.57. The Kier molecular flexibility index (Phi) is 3.81. The van der Waals surface area contributed by atoms with Crippen molar-refractivity contribution >= 4 is 17.3 Å². The lowest BCUT2D eigenvalue weighted by Gasteiger charge is -2.10. The number of hydrogen-bond donors (Lipinski definition) is 1. The molecule has 1 aromatic carbocycles. The smallest absolute Gasteiger partial charge is 0.152 e. The molecular formula is C14H12ClN3. The van der Waals surface area contributed by atoms with Gasteiger partial charge in [0, 0.05) is 12.7 Å². The van der Waals surface area contributed by atoms with Gasteiger partial charge in [0.15, 0.2) is 5.15 Å². The predicted molar refractivity (Wildman–Crippen MR) is 72.5 cm³/mol. The first-order chi connectivity index (χ1) is 8.70. The van der Waals surface area contributed by atoms with Crippen LogP contribution in [0.5, 0.6) is 0 Å². The summed E-state index contributed by atoms with van der Waals surface area (Å²) in [5, 5.41) is 12.5. The number of pyridine rings is 1. The minimum absolute atomic E-state index is 0.464. The lowest BCUT2D eigenvalue weighted by molar-refractivity contribution is 1.12. The molecule has 0 saturated heterocycles. The zero-order chi connectivity index (χ0) is 13.0. The molecule has 18 heavy (non-hydrogen) atoms. The first-order valence-electron chi connectivity index (χ1n) is 5.54. The number of nitriles is 1. The highest BCUT2D eigenvalue weighted by Gasteiger charge is 2.04. The molecule has 4 heteroatoms. The number of aryl methyl sites for hydroxylation is 1. The van der Waals surface area contributed by atoms with Crippen molar-refractivity contribution < 1.29 is 0 Å². The Balaban J connectivity index is 2.14. The highest BCUT2D eigenvalue weighted by Crippen LogP contribution is 2.23. The van der Waals surface area contributed by atoms with Crippen molar-refractivity contribution in [2.75, 3.05) is 5.32 Å². The van der Waals surface area contributed by atoms with E-state index in [1.165, 1.54) is 0 Å². The fourth-order valence-corrected chi connectivity index (χ4v) is 1.95. The number of benzene rings is 1. The Hall–Kier alpha value is -2.05. The first kappa shape index (κ1) is 12.4. The van der Waals surface area contributed by atoms with Gasteiger partial charge in [0.1, 0.15) is 0 Å². The Labute approximate surface area is 111 Å². The monoisotopic (exact) mass is 257 g/mol. The van der Waals surface area contributed by atoms with Crippen molar-refractivity contribution in [1.82, 2.24) is 4.98 Å². The van der Waals surface area contributed by atoms with Crippen LogP contribution in [0, 0.1) is 18.3 Å². The van der Waals surface area contributed by atoms with Gasteiger partial charge >= 0.3 is 0 Å². The van der Waals surface area contributed by atoms with Gasteiger partial charge in [-0.3, -0.25) is 0 Å². The summed E-state index contributed by atoms with van der Waals surface area (Å²) in [7, 11) is 0. The van der Waals surface area contributed by atoms with E-state index in [1.807, 2.05) is 31.2 Å². The molecule has 2 aromatic rings. The molecule has 0 bridgehead atoms. The van der Waals surface area contributed by atoms with Crippen LogP contribution in [0.4, 0.5) is 5.69 Å². The zero-order valence-corrected chi connectivity index (χ0v) is 10.7. The van der Waals surface area contributed by atoms with Gasteiger partial charge in [-0.2, -0.15) is 5.26 Å². The van der Waals surface area contributed by atoms with Crippen LogP contribution in [0.3, 0.4) is 0 Å². The van der Waals surface area contributed by atoms with Crippen LogP contribution in [-0.4, -0.2) is 4.98 Å². The number of nitrogens with one attached hydrogen (secondary N) is 1. The molecular weight excluding hydrogens is 246 g/mol. The highest BCUT2D eigenvalue weighted by molar-refractivity contribution is 6.32. The second kappa shape index (κ2) is 5.52. The highest BCUT2D eigenvalue weighted by atomic mass is 35.5. The van der Waals surface area contributed by atoms with Gasteiger partial charge in [-0.05, 0) is 36.2 Å². The molecule has 0 saturated carbocycles. The summed E-state index contributed by atoms with van der Waals surface area (Å²) in [5.74, 6) is 0. The molecule has 0 spiro atoms. The summed E-state index contributed by atoms with van der Waals surface area (Å²) in [6.07, 6.45) is 1.68. The van der Waals surface area contributed by atoms with E-state index in [0.717, 1.165) is 16.8 Å². The molecule has 0 aliphatic rings. The molecule has 2 rings (SSSR count). The van der Waals surface area contributed by atoms with E-state index in [2.05, 4.69) is 16.4 Å². The molecule has 3 nitrogen and oxygen atoms in total. The van der Waals surface area contributed by atoms with Crippen LogP contribution >= 0.6 is 11.6 Å². The molecule has 0 fully saturated rings. The van der Waals surface area contributed by atoms with E-state index < -0.39 is 0 Å². The van der Waals surface area contributed by atoms with Crippen molar-refractivity contribution in [3.05, 3.63) is 58.4 Å². The predicted octanol–water partition coefficient (Wildman–Crippen LogP) is 3.53. The van der Waals surface area contributed by atoms with Crippen molar-refractivity contribution in [3.8, 4) is 6.07 Å². The largest absolute Gasteiger partial charge is 0.378 e. The first-order valence-corrected chi connectivity index (χ1v) is 5.92. The maximum atomic E-state index is 8.83. The van der Waals surface area contributed by atoms with Crippen LogP contribution in [0.2, 0.25) is 5.15 Å². The van der Waals surface area contributed by atoms with Gasteiger partial charge in [-0.15, -0.1) is 0 Å². The second-order valence-electron chi connectivity index (χ2n) is 3.96. The summed E-state index contributed by atoms with van der Waals surface area (Å²) >= 11 is 6.03. The van der Waals surface area contributed by atoms with Gasteiger partial charge in [-0.25, -0.2) is 4.98 Å². The number of anilines is 1. The summed E-state index contributed by atoms with van der Waals surface area (Å²) in [6, 6.07) is 11.5. The summed E-state index contributed by atoms with van der Waals surface area (Å²) in [4.78, 5) is 4.04. The van der Waals surface area contributed by atoms with Crippen molar-refractivity contribution in [1.29, 1.82) is 5.26 Å². The average molecular weight is 258 g/mol. The maximum Gasteiger partial charge on any atom is 0.152 e. The van der Waals surface area contributed by atoms with Crippen LogP contribution < -0.4 is 5.32 Å². The Bertz CT molecular complexity index is 582. The van der Waals surface area contributed by atoms with E-state index >= 15 is 0 Å². The van der Waals surface area contributed by atoms with Gasteiger partial charge in [-0.1, -0.05) is 23.7 Å². The van der Waals surface area contributed by atoms with Gasteiger partial charge < -0.3 is 5.32 Å². The topological polar surface area (TPSA) is 48.7 Å². The molecule has 0 atom stereocenters. The number of hydrogen-bond acceptors (Lipinski definition) is 3. The minimum Gasteiger partial charge on any atom is -0.378 e. The maximum absolute atomic E-state index is 8.83. The lowest BCUT2D eigenvalue weighted by Crippen LogP contribution is -2.02. The fraction of sp³-hybridized carbons (Fsp3) is 0.143. The summed E-state index contributed by atoms with van der Waals surface area (Å²) < 4.78 is 0. The van der Waals surface area contributed by atoms with Gasteiger partial charge in [0.25, 0.3) is 0 Å². The van der Waals surface area contributed by atoms with E-state index in [1.54, 1.807) is 12.3 Å². The molecule has 0 aliphatic carbocycles. The van der Waals surface area contributed by atoms with Crippen LogP contribution in [0.25, 0.3) is 0 Å². The molecule has 1 N–H and O–H groups in total. The molecule has 1 heterocycles. The molecule has 0 aliphatic heterocycles. The third-order valence-corrected chi connectivity index (χ3v) is 2.92. The molecule has 0 amide bonds. The Morgan fingerprint density at radius 3 is 2.94 bits per heavy atom. The van der Waals surface area contributed by atoms with Crippen molar-refractivity contribution in [3.63, 3.8) is 0 Å². The van der Waals surface area contributed by atoms with E-state index in [9.17, 15) is 0 Å². The Morgan fingerprint density at radius 2 is 2.22 bits per heavy atom. The Morgan fingerprint density at radius 1 is 1.39 bits per heavy atom. The van der Waals surface area contributed by atoms with Crippen LogP contribution in [0.15, 0.2) is 36.5 Å². The average Bonchev–Trinajstić information content (AvgIpc) is 2.38. The number of rotatable bonds is 3.